The molecule has 2 unspecified atom stereocenters. The predicted molar refractivity (Wildman–Crippen MR) is 245 cm³/mol. The average molecular weight is 754 g/mol. The largest absolute Gasteiger partial charge is 0.310 e. The van der Waals surface area contributed by atoms with Gasteiger partial charge in [0.05, 0.1) is 11.1 Å². The first-order valence-electron chi connectivity index (χ1n) is 21.0. The summed E-state index contributed by atoms with van der Waals surface area (Å²) in [7, 11) is 0. The molecule has 4 aliphatic rings. The van der Waals surface area contributed by atoms with Crippen LogP contribution in [-0.4, -0.2) is 0 Å². The molecule has 0 N–H and O–H groups in total. The van der Waals surface area contributed by atoms with Gasteiger partial charge < -0.3 is 4.90 Å². The topological polar surface area (TPSA) is 3.24 Å². The maximum absolute atomic E-state index is 2.54. The summed E-state index contributed by atoms with van der Waals surface area (Å²) in [5.41, 5.74) is 21.6. The molecular formula is C58H43N. The number of rotatable bonds is 4. The van der Waals surface area contributed by atoms with Gasteiger partial charge in [0.15, 0.2) is 0 Å². The van der Waals surface area contributed by atoms with Gasteiger partial charge in [0.25, 0.3) is 0 Å². The van der Waals surface area contributed by atoms with Crippen LogP contribution in [0.3, 0.4) is 0 Å². The van der Waals surface area contributed by atoms with Crippen molar-refractivity contribution in [2.24, 2.45) is 0 Å². The molecule has 1 nitrogen and oxygen atoms in total. The first-order chi connectivity index (χ1) is 29.0. The molecule has 8 aromatic carbocycles. The third-order valence-electron chi connectivity index (χ3n) is 13.9. The minimum absolute atomic E-state index is 0.131. The van der Waals surface area contributed by atoms with Crippen LogP contribution < -0.4 is 4.90 Å². The van der Waals surface area contributed by atoms with Crippen molar-refractivity contribution in [1.29, 1.82) is 0 Å². The van der Waals surface area contributed by atoms with Crippen LogP contribution in [0.4, 0.5) is 17.1 Å². The van der Waals surface area contributed by atoms with E-state index < -0.39 is 5.41 Å². The van der Waals surface area contributed by atoms with Gasteiger partial charge in [-0.05, 0) is 103 Å². The van der Waals surface area contributed by atoms with Gasteiger partial charge in [-0.3, -0.25) is 0 Å². The van der Waals surface area contributed by atoms with Crippen LogP contribution in [0.2, 0.25) is 0 Å². The van der Waals surface area contributed by atoms with Crippen molar-refractivity contribution >= 4 is 17.1 Å². The Balaban J connectivity index is 1.15. The number of hydrogen-bond donors (Lipinski definition) is 0. The van der Waals surface area contributed by atoms with Crippen LogP contribution in [0.15, 0.2) is 212 Å². The number of anilines is 3. The van der Waals surface area contributed by atoms with E-state index in [1.54, 1.807) is 0 Å². The standard InChI is InChI=1S/C58H43N/c1-57(2)50-27-13-8-24-45(50)48-34-32-40(37-55(48)57)59(56-31-17-12-20-41(56)38-18-4-3-5-19-38)39-33-35-54-49(36-39)43-22-7-6-21-42(43)44-23-9-14-28-51(44)58(54)52-29-15-10-25-46(52)47-26-11-16-30-53(47)58/h3-37,42-43H,1-2H3. The molecule has 0 heterocycles. The molecule has 1 heteroatoms. The van der Waals surface area contributed by atoms with Gasteiger partial charge in [-0.25, -0.2) is 0 Å². The van der Waals surface area contributed by atoms with Crippen LogP contribution >= 0.6 is 0 Å². The van der Waals surface area contributed by atoms with Crippen molar-refractivity contribution in [1.82, 2.24) is 0 Å². The molecule has 2 atom stereocenters. The number of allylic oxidation sites excluding steroid dienone is 4. The van der Waals surface area contributed by atoms with Gasteiger partial charge in [0.1, 0.15) is 0 Å². The molecule has 12 rings (SSSR count). The maximum atomic E-state index is 2.54. The number of hydrogen-bond acceptors (Lipinski definition) is 1. The van der Waals surface area contributed by atoms with E-state index in [-0.39, 0.29) is 17.3 Å². The van der Waals surface area contributed by atoms with E-state index in [9.17, 15) is 0 Å². The van der Waals surface area contributed by atoms with Crippen molar-refractivity contribution in [3.63, 3.8) is 0 Å². The van der Waals surface area contributed by atoms with Crippen molar-refractivity contribution in [2.75, 3.05) is 4.90 Å². The van der Waals surface area contributed by atoms with Crippen molar-refractivity contribution < 1.29 is 0 Å². The second-order valence-electron chi connectivity index (χ2n) is 17.1. The molecular weight excluding hydrogens is 711 g/mol. The Morgan fingerprint density at radius 1 is 0.373 bits per heavy atom. The summed E-state index contributed by atoms with van der Waals surface area (Å²) in [6, 6.07) is 70.9. The first-order valence-corrected chi connectivity index (χ1v) is 21.0. The molecule has 4 aliphatic carbocycles. The van der Waals surface area contributed by atoms with Gasteiger partial charge in [-0.1, -0.05) is 196 Å². The van der Waals surface area contributed by atoms with Gasteiger partial charge in [0, 0.05) is 34.2 Å². The normalized spacial score (nSPS) is 17.8. The summed E-state index contributed by atoms with van der Waals surface area (Å²) in [4.78, 5) is 2.53. The van der Waals surface area contributed by atoms with Crippen LogP contribution in [0, 0.1) is 0 Å². The monoisotopic (exact) mass is 753 g/mol. The molecule has 0 radical (unpaired) electrons. The highest BCUT2D eigenvalue weighted by atomic mass is 15.1. The quantitative estimate of drug-likeness (QED) is 0.173. The van der Waals surface area contributed by atoms with Crippen LogP contribution in [0.25, 0.3) is 33.4 Å². The fraction of sp³-hybridized carbons (Fsp3) is 0.103. The van der Waals surface area contributed by atoms with E-state index in [1.807, 2.05) is 0 Å². The lowest BCUT2D eigenvalue weighted by atomic mass is 9.66. The molecule has 0 saturated carbocycles. The molecule has 0 fully saturated rings. The molecule has 0 aliphatic heterocycles. The Morgan fingerprint density at radius 2 is 0.864 bits per heavy atom. The van der Waals surface area contributed by atoms with E-state index in [4.69, 9.17) is 0 Å². The number of para-hydroxylation sites is 1. The van der Waals surface area contributed by atoms with E-state index in [2.05, 4.69) is 231 Å². The van der Waals surface area contributed by atoms with E-state index >= 15 is 0 Å². The molecule has 0 aromatic heterocycles. The molecule has 280 valence electrons. The van der Waals surface area contributed by atoms with Crippen molar-refractivity contribution in [3.05, 3.63) is 257 Å². The second kappa shape index (κ2) is 12.8. The Labute approximate surface area is 347 Å². The van der Waals surface area contributed by atoms with Crippen molar-refractivity contribution in [2.45, 2.75) is 36.5 Å². The Morgan fingerprint density at radius 3 is 1.58 bits per heavy atom. The third kappa shape index (κ3) is 4.73. The lowest BCUT2D eigenvalue weighted by Gasteiger charge is -2.36. The molecule has 0 bridgehead atoms. The zero-order valence-electron chi connectivity index (χ0n) is 33.3. The minimum Gasteiger partial charge on any atom is -0.310 e. The van der Waals surface area contributed by atoms with E-state index in [0.29, 0.717) is 0 Å². The fourth-order valence-electron chi connectivity index (χ4n) is 11.4. The third-order valence-corrected chi connectivity index (χ3v) is 13.9. The summed E-state index contributed by atoms with van der Waals surface area (Å²) >= 11 is 0. The summed E-state index contributed by atoms with van der Waals surface area (Å²) < 4.78 is 0. The predicted octanol–water partition coefficient (Wildman–Crippen LogP) is 14.8. The van der Waals surface area contributed by atoms with Crippen LogP contribution in [-0.2, 0) is 10.8 Å². The molecule has 0 saturated heterocycles. The Bertz CT molecular complexity index is 3010. The summed E-state index contributed by atoms with van der Waals surface area (Å²) in [5, 5.41) is 0. The van der Waals surface area contributed by atoms with Gasteiger partial charge in [-0.2, -0.15) is 0 Å². The lowest BCUT2D eigenvalue weighted by molar-refractivity contribution is 0.660. The molecule has 59 heavy (non-hydrogen) atoms. The summed E-state index contributed by atoms with van der Waals surface area (Å²) in [6.07, 6.45) is 9.40. The van der Waals surface area contributed by atoms with E-state index in [1.165, 1.54) is 77.9 Å². The SMILES string of the molecule is CC1(C)c2ccccc2-c2ccc(N(c3ccc4c(c3)C3C=CC=CC3c3ccccc3C43c4ccccc4-c4ccccc43)c3ccccc3-c3ccccc3)cc21. The lowest BCUT2D eigenvalue weighted by Crippen LogP contribution is -2.30. The Hall–Kier alpha value is -6.96. The molecule has 8 aromatic rings. The summed E-state index contributed by atoms with van der Waals surface area (Å²) in [5.74, 6) is 0.337. The van der Waals surface area contributed by atoms with Crippen molar-refractivity contribution in [3.8, 4) is 33.4 Å². The second-order valence-corrected chi connectivity index (χ2v) is 17.1. The van der Waals surface area contributed by atoms with Crippen LogP contribution in [0.1, 0.15) is 70.2 Å². The highest BCUT2D eigenvalue weighted by molar-refractivity contribution is 5.92. The van der Waals surface area contributed by atoms with Gasteiger partial charge in [-0.15, -0.1) is 0 Å². The molecule has 1 spiro atoms. The number of nitrogens with zero attached hydrogens (tertiary/aromatic N) is 1. The molecule has 0 amide bonds. The highest BCUT2D eigenvalue weighted by Crippen LogP contribution is 2.62. The Kier molecular flexibility index (Phi) is 7.38. The zero-order chi connectivity index (χ0) is 39.3. The fourth-order valence-corrected chi connectivity index (χ4v) is 11.4. The highest BCUT2D eigenvalue weighted by Gasteiger charge is 2.51. The average Bonchev–Trinajstić information content (AvgIpc) is 3.68. The number of benzene rings is 8. The summed E-state index contributed by atoms with van der Waals surface area (Å²) in [6.45, 7) is 4.76. The van der Waals surface area contributed by atoms with Gasteiger partial charge in [0.2, 0.25) is 0 Å². The van der Waals surface area contributed by atoms with Gasteiger partial charge >= 0.3 is 0 Å². The smallest absolute Gasteiger partial charge is 0.0719 e. The zero-order valence-corrected chi connectivity index (χ0v) is 33.3. The first kappa shape index (κ1) is 34.1. The van der Waals surface area contributed by atoms with E-state index in [0.717, 1.165) is 17.1 Å². The minimum atomic E-state index is -0.479. The number of fused-ring (bicyclic) bond motifs is 15. The maximum Gasteiger partial charge on any atom is 0.0719 e. The van der Waals surface area contributed by atoms with Crippen LogP contribution in [0.5, 0.6) is 0 Å².